The Morgan fingerprint density at radius 1 is 1.24 bits per heavy atom. The lowest BCUT2D eigenvalue weighted by atomic mass is 10.1. The Labute approximate surface area is 175 Å². The van der Waals surface area contributed by atoms with E-state index in [0.29, 0.717) is 12.2 Å². The van der Waals surface area contributed by atoms with Crippen molar-refractivity contribution in [2.45, 2.75) is 32.1 Å². The first-order chi connectivity index (χ1) is 14.0. The van der Waals surface area contributed by atoms with Crippen LogP contribution in [0.4, 0.5) is 4.39 Å². The monoisotopic (exact) mass is 421 g/mol. The minimum absolute atomic E-state index is 0.0932. The van der Waals surface area contributed by atoms with Gasteiger partial charge in [0.1, 0.15) is 5.82 Å². The topological polar surface area (TPSA) is 75.3 Å². The van der Waals surface area contributed by atoms with E-state index in [0.717, 1.165) is 49.2 Å². The Hall–Kier alpha value is -2.35. The molecular formula is C21H28FN3O3S. The second-order valence-corrected chi connectivity index (χ2v) is 7.90. The molecule has 0 bridgehead atoms. The van der Waals surface area contributed by atoms with Gasteiger partial charge in [-0.25, -0.2) is 4.39 Å². The van der Waals surface area contributed by atoms with Gasteiger partial charge in [-0.1, -0.05) is 18.6 Å². The summed E-state index contributed by atoms with van der Waals surface area (Å²) in [7, 11) is 3.17. The van der Waals surface area contributed by atoms with Gasteiger partial charge in [-0.2, -0.15) is 5.10 Å². The molecule has 2 rings (SSSR count). The average molecular weight is 422 g/mol. The summed E-state index contributed by atoms with van der Waals surface area (Å²) in [6.45, 7) is 0.720. The van der Waals surface area contributed by atoms with E-state index in [-0.39, 0.29) is 23.4 Å². The fraction of sp³-hybridized carbons (Fsp3) is 0.476. The number of H-pyrrole nitrogens is 1. The number of aromatic amines is 1. The molecule has 0 aliphatic carbocycles. The number of esters is 1. The van der Waals surface area contributed by atoms with Crippen LogP contribution in [0.15, 0.2) is 30.3 Å². The highest BCUT2D eigenvalue weighted by Crippen LogP contribution is 2.19. The highest BCUT2D eigenvalue weighted by Gasteiger charge is 2.09. The van der Waals surface area contributed by atoms with Gasteiger partial charge in [-0.3, -0.25) is 14.7 Å². The van der Waals surface area contributed by atoms with Gasteiger partial charge in [-0.05, 0) is 37.5 Å². The van der Waals surface area contributed by atoms with Crippen LogP contribution in [0.5, 0.6) is 0 Å². The Bertz CT molecular complexity index is 797. The van der Waals surface area contributed by atoms with Crippen molar-refractivity contribution in [1.29, 1.82) is 0 Å². The minimum atomic E-state index is -0.271. The van der Waals surface area contributed by atoms with Crippen LogP contribution < -0.4 is 0 Å². The van der Waals surface area contributed by atoms with Gasteiger partial charge in [0.25, 0.3) is 0 Å². The van der Waals surface area contributed by atoms with Gasteiger partial charge in [-0.15, -0.1) is 11.8 Å². The number of methoxy groups -OCH3 is 1. The first kappa shape index (κ1) is 22.9. The summed E-state index contributed by atoms with van der Waals surface area (Å²) in [5, 5.41) is 7.26. The van der Waals surface area contributed by atoms with Crippen LogP contribution in [0.3, 0.4) is 0 Å². The van der Waals surface area contributed by atoms with Crippen molar-refractivity contribution < 1.29 is 18.7 Å². The van der Waals surface area contributed by atoms with E-state index in [1.54, 1.807) is 11.0 Å². The van der Waals surface area contributed by atoms with E-state index in [1.807, 2.05) is 19.2 Å². The van der Waals surface area contributed by atoms with Crippen molar-refractivity contribution in [2.75, 3.05) is 32.2 Å². The number of aromatic nitrogens is 2. The Balaban J connectivity index is 1.59. The van der Waals surface area contributed by atoms with Crippen molar-refractivity contribution in [3.8, 4) is 11.3 Å². The Kier molecular flexibility index (Phi) is 9.70. The SMILES string of the molecule is COC(=O)CSCCC(=O)N(C)CCCCCc1cc(-c2cccc(F)c2)n[nH]1. The third kappa shape index (κ3) is 8.27. The zero-order valence-corrected chi connectivity index (χ0v) is 17.8. The molecule has 0 aliphatic rings. The summed E-state index contributed by atoms with van der Waals surface area (Å²) in [6, 6.07) is 8.36. The molecule has 0 radical (unpaired) electrons. The molecule has 0 saturated heterocycles. The quantitative estimate of drug-likeness (QED) is 0.418. The molecule has 0 spiro atoms. The van der Waals surface area contributed by atoms with E-state index in [9.17, 15) is 14.0 Å². The number of benzene rings is 1. The van der Waals surface area contributed by atoms with Crippen LogP contribution in [0.25, 0.3) is 11.3 Å². The second kappa shape index (κ2) is 12.3. The zero-order valence-electron chi connectivity index (χ0n) is 16.9. The predicted octanol–water partition coefficient (Wildman–Crippen LogP) is 3.68. The molecule has 1 heterocycles. The summed E-state index contributed by atoms with van der Waals surface area (Å²) >= 11 is 1.41. The summed E-state index contributed by atoms with van der Waals surface area (Å²) in [5.74, 6) is 0.452. The largest absolute Gasteiger partial charge is 0.468 e. The number of amides is 1. The van der Waals surface area contributed by atoms with Crippen LogP contribution in [-0.4, -0.2) is 59.2 Å². The number of nitrogens with zero attached hydrogens (tertiary/aromatic N) is 2. The van der Waals surface area contributed by atoms with E-state index in [2.05, 4.69) is 14.9 Å². The number of aryl methyl sites for hydroxylation is 1. The molecule has 0 saturated carbocycles. The van der Waals surface area contributed by atoms with E-state index in [1.165, 1.54) is 31.0 Å². The summed E-state index contributed by atoms with van der Waals surface area (Å²) in [5.41, 5.74) is 2.53. The smallest absolute Gasteiger partial charge is 0.315 e. The highest BCUT2D eigenvalue weighted by atomic mass is 32.2. The average Bonchev–Trinajstić information content (AvgIpc) is 3.19. The molecule has 1 amide bonds. The van der Waals surface area contributed by atoms with Gasteiger partial charge in [0, 0.05) is 37.0 Å². The van der Waals surface area contributed by atoms with Gasteiger partial charge in [0.05, 0.1) is 18.6 Å². The van der Waals surface area contributed by atoms with Gasteiger partial charge in [0.2, 0.25) is 5.91 Å². The molecule has 0 fully saturated rings. The number of ether oxygens (including phenoxy) is 1. The summed E-state index contributed by atoms with van der Waals surface area (Å²) in [6.07, 6.45) is 4.21. The maximum absolute atomic E-state index is 13.3. The Morgan fingerprint density at radius 2 is 2.07 bits per heavy atom. The molecule has 2 aromatic rings. The normalized spacial score (nSPS) is 10.7. The molecule has 6 nitrogen and oxygen atoms in total. The molecule has 0 aliphatic heterocycles. The molecule has 8 heteroatoms. The lowest BCUT2D eigenvalue weighted by Crippen LogP contribution is -2.28. The predicted molar refractivity (Wildman–Crippen MR) is 113 cm³/mol. The third-order valence-electron chi connectivity index (χ3n) is 4.52. The minimum Gasteiger partial charge on any atom is -0.468 e. The van der Waals surface area contributed by atoms with Crippen LogP contribution in [0.2, 0.25) is 0 Å². The molecule has 0 atom stereocenters. The highest BCUT2D eigenvalue weighted by molar-refractivity contribution is 7.99. The molecule has 1 N–H and O–H groups in total. The number of carbonyl (C=O) groups excluding carboxylic acids is 2. The number of rotatable bonds is 12. The lowest BCUT2D eigenvalue weighted by molar-refractivity contribution is -0.137. The van der Waals surface area contributed by atoms with E-state index < -0.39 is 0 Å². The van der Waals surface area contributed by atoms with Crippen LogP contribution in [-0.2, 0) is 20.7 Å². The number of carbonyl (C=O) groups is 2. The van der Waals surface area contributed by atoms with Crippen LogP contribution in [0.1, 0.15) is 31.4 Å². The van der Waals surface area contributed by atoms with Gasteiger partial charge in [0.15, 0.2) is 0 Å². The number of nitrogens with one attached hydrogen (secondary N) is 1. The van der Waals surface area contributed by atoms with Crippen molar-refractivity contribution in [3.05, 3.63) is 41.8 Å². The molecule has 29 heavy (non-hydrogen) atoms. The van der Waals surface area contributed by atoms with Crippen molar-refractivity contribution in [1.82, 2.24) is 15.1 Å². The van der Waals surface area contributed by atoms with Crippen LogP contribution in [0, 0.1) is 5.82 Å². The van der Waals surface area contributed by atoms with Crippen molar-refractivity contribution in [3.63, 3.8) is 0 Å². The maximum atomic E-state index is 13.3. The standard InChI is InChI=1S/C21H28FN3O3S/c1-25(20(26)10-12-29-15-21(27)28-2)11-5-3-4-9-18-14-19(24-23-18)16-7-6-8-17(22)13-16/h6-8,13-14H,3-5,9-12,15H2,1-2H3,(H,23,24). The number of thioether (sulfide) groups is 1. The number of hydrogen-bond acceptors (Lipinski definition) is 5. The summed E-state index contributed by atoms with van der Waals surface area (Å²) in [4.78, 5) is 24.8. The van der Waals surface area contributed by atoms with Gasteiger partial charge < -0.3 is 9.64 Å². The fourth-order valence-corrected chi connectivity index (χ4v) is 3.56. The fourth-order valence-electron chi connectivity index (χ4n) is 2.82. The number of hydrogen-bond donors (Lipinski definition) is 1. The number of halogens is 1. The zero-order chi connectivity index (χ0) is 21.1. The van der Waals surface area contributed by atoms with Crippen molar-refractivity contribution in [2.24, 2.45) is 0 Å². The molecule has 158 valence electrons. The Morgan fingerprint density at radius 3 is 2.83 bits per heavy atom. The molecule has 1 aromatic heterocycles. The van der Waals surface area contributed by atoms with E-state index >= 15 is 0 Å². The lowest BCUT2D eigenvalue weighted by Gasteiger charge is -2.16. The van der Waals surface area contributed by atoms with Crippen LogP contribution >= 0.6 is 11.8 Å². The maximum Gasteiger partial charge on any atom is 0.315 e. The first-order valence-electron chi connectivity index (χ1n) is 9.68. The molecule has 1 aromatic carbocycles. The second-order valence-electron chi connectivity index (χ2n) is 6.79. The molecule has 0 unspecified atom stereocenters. The molecular weight excluding hydrogens is 393 g/mol. The van der Waals surface area contributed by atoms with E-state index in [4.69, 9.17) is 0 Å². The number of unbranched alkanes of at least 4 members (excludes halogenated alkanes) is 2. The van der Waals surface area contributed by atoms with Crippen molar-refractivity contribution >= 4 is 23.6 Å². The third-order valence-corrected chi connectivity index (χ3v) is 5.46. The summed E-state index contributed by atoms with van der Waals surface area (Å²) < 4.78 is 17.9. The first-order valence-corrected chi connectivity index (χ1v) is 10.8. The van der Waals surface area contributed by atoms with Gasteiger partial charge >= 0.3 is 5.97 Å².